The van der Waals surface area contributed by atoms with Crippen LogP contribution in [0.2, 0.25) is 5.02 Å². The Morgan fingerprint density at radius 1 is 1.14 bits per heavy atom. The van der Waals surface area contributed by atoms with Crippen molar-refractivity contribution in [2.24, 2.45) is 0 Å². The van der Waals surface area contributed by atoms with Crippen LogP contribution in [-0.4, -0.2) is 19.6 Å². The molecule has 2 aromatic rings. The lowest BCUT2D eigenvalue weighted by atomic mass is 10.1. The maximum absolute atomic E-state index is 12.0. The molecule has 1 amide bonds. The molecule has 0 aliphatic carbocycles. The lowest BCUT2D eigenvalue weighted by Crippen LogP contribution is -2.27. The van der Waals surface area contributed by atoms with Crippen LogP contribution >= 0.6 is 11.6 Å². The van der Waals surface area contributed by atoms with E-state index in [0.29, 0.717) is 13.0 Å². The van der Waals surface area contributed by atoms with Crippen LogP contribution in [0.25, 0.3) is 0 Å². The van der Waals surface area contributed by atoms with Crippen molar-refractivity contribution < 1.29 is 9.53 Å². The second kappa shape index (κ2) is 7.85. The monoisotopic (exact) mass is 317 g/mol. The standard InChI is InChI=1S/C18H20ClNO2/c1-13-11-15(5-8-17(13)22-2)12-18(21)20-10-9-14-3-6-16(19)7-4-14/h3-8,11H,9-10,12H2,1-2H3,(H,20,21). The normalized spacial score (nSPS) is 10.3. The molecule has 4 heteroatoms. The van der Waals surface area contributed by atoms with E-state index in [-0.39, 0.29) is 5.91 Å². The van der Waals surface area contributed by atoms with Gasteiger partial charge in [-0.2, -0.15) is 0 Å². The molecule has 116 valence electrons. The quantitative estimate of drug-likeness (QED) is 0.884. The van der Waals surface area contributed by atoms with Gasteiger partial charge in [0.05, 0.1) is 13.5 Å². The summed E-state index contributed by atoms with van der Waals surface area (Å²) in [6, 6.07) is 13.5. The van der Waals surface area contributed by atoms with Crippen LogP contribution in [0, 0.1) is 6.92 Å². The second-order valence-electron chi connectivity index (χ2n) is 5.21. The van der Waals surface area contributed by atoms with E-state index >= 15 is 0 Å². The van der Waals surface area contributed by atoms with Gasteiger partial charge < -0.3 is 10.1 Å². The maximum atomic E-state index is 12.0. The van der Waals surface area contributed by atoms with Crippen LogP contribution in [0.4, 0.5) is 0 Å². The topological polar surface area (TPSA) is 38.3 Å². The molecule has 0 spiro atoms. The predicted molar refractivity (Wildman–Crippen MR) is 89.6 cm³/mol. The van der Waals surface area contributed by atoms with Crippen molar-refractivity contribution >= 4 is 17.5 Å². The second-order valence-corrected chi connectivity index (χ2v) is 5.64. The molecular weight excluding hydrogens is 298 g/mol. The van der Waals surface area contributed by atoms with E-state index in [0.717, 1.165) is 33.9 Å². The minimum atomic E-state index is 0.0264. The van der Waals surface area contributed by atoms with Gasteiger partial charge in [0.1, 0.15) is 5.75 Å². The van der Waals surface area contributed by atoms with Crippen molar-refractivity contribution in [2.75, 3.05) is 13.7 Å². The number of benzene rings is 2. The third kappa shape index (κ3) is 4.78. The van der Waals surface area contributed by atoms with E-state index in [1.54, 1.807) is 7.11 Å². The highest BCUT2D eigenvalue weighted by atomic mass is 35.5. The maximum Gasteiger partial charge on any atom is 0.224 e. The molecule has 3 nitrogen and oxygen atoms in total. The SMILES string of the molecule is COc1ccc(CC(=O)NCCc2ccc(Cl)cc2)cc1C. The highest BCUT2D eigenvalue weighted by molar-refractivity contribution is 6.30. The van der Waals surface area contributed by atoms with Gasteiger partial charge in [0, 0.05) is 11.6 Å². The number of aryl methyl sites for hydroxylation is 1. The summed E-state index contributed by atoms with van der Waals surface area (Å²) in [6.07, 6.45) is 1.18. The van der Waals surface area contributed by atoms with E-state index in [1.165, 1.54) is 0 Å². The van der Waals surface area contributed by atoms with Gasteiger partial charge in [-0.15, -0.1) is 0 Å². The van der Waals surface area contributed by atoms with Crippen LogP contribution in [0.1, 0.15) is 16.7 Å². The van der Waals surface area contributed by atoms with Crippen LogP contribution < -0.4 is 10.1 Å². The summed E-state index contributed by atoms with van der Waals surface area (Å²) in [5.41, 5.74) is 3.18. The van der Waals surface area contributed by atoms with Crippen molar-refractivity contribution in [1.82, 2.24) is 5.32 Å². The molecule has 0 unspecified atom stereocenters. The third-order valence-corrected chi connectivity index (χ3v) is 3.73. The predicted octanol–water partition coefficient (Wildman–Crippen LogP) is 3.56. The van der Waals surface area contributed by atoms with Crippen LogP contribution in [0.15, 0.2) is 42.5 Å². The van der Waals surface area contributed by atoms with Gasteiger partial charge in [-0.3, -0.25) is 4.79 Å². The molecule has 0 aromatic heterocycles. The number of hydrogen-bond acceptors (Lipinski definition) is 2. The van der Waals surface area contributed by atoms with Gasteiger partial charge in [-0.05, 0) is 48.2 Å². The lowest BCUT2D eigenvalue weighted by molar-refractivity contribution is -0.120. The highest BCUT2D eigenvalue weighted by Crippen LogP contribution is 2.18. The summed E-state index contributed by atoms with van der Waals surface area (Å²) in [6.45, 7) is 2.59. The Balaban J connectivity index is 1.80. The minimum absolute atomic E-state index is 0.0264. The molecule has 0 bridgehead atoms. The molecule has 1 N–H and O–H groups in total. The van der Waals surface area contributed by atoms with Crippen molar-refractivity contribution in [3.05, 3.63) is 64.2 Å². The van der Waals surface area contributed by atoms with Crippen molar-refractivity contribution in [3.63, 3.8) is 0 Å². The van der Waals surface area contributed by atoms with Gasteiger partial charge >= 0.3 is 0 Å². The number of carbonyl (C=O) groups is 1. The van der Waals surface area contributed by atoms with E-state index in [4.69, 9.17) is 16.3 Å². The van der Waals surface area contributed by atoms with Crippen molar-refractivity contribution in [1.29, 1.82) is 0 Å². The number of methoxy groups -OCH3 is 1. The van der Waals surface area contributed by atoms with E-state index in [2.05, 4.69) is 5.32 Å². The number of carbonyl (C=O) groups excluding carboxylic acids is 1. The summed E-state index contributed by atoms with van der Waals surface area (Å²) in [7, 11) is 1.64. The smallest absolute Gasteiger partial charge is 0.224 e. The van der Waals surface area contributed by atoms with Crippen molar-refractivity contribution in [2.45, 2.75) is 19.8 Å². The fourth-order valence-corrected chi connectivity index (χ4v) is 2.42. The molecule has 2 aromatic carbocycles. The third-order valence-electron chi connectivity index (χ3n) is 3.47. The Morgan fingerprint density at radius 2 is 1.82 bits per heavy atom. The summed E-state index contributed by atoms with van der Waals surface area (Å²) >= 11 is 5.84. The first kappa shape index (κ1) is 16.4. The van der Waals surface area contributed by atoms with Gasteiger partial charge in [0.2, 0.25) is 5.91 Å². The van der Waals surface area contributed by atoms with Crippen molar-refractivity contribution in [3.8, 4) is 5.75 Å². The highest BCUT2D eigenvalue weighted by Gasteiger charge is 2.05. The molecule has 0 atom stereocenters. The fourth-order valence-electron chi connectivity index (χ4n) is 2.30. The zero-order valence-electron chi connectivity index (χ0n) is 12.9. The molecular formula is C18H20ClNO2. The molecule has 2 rings (SSSR count). The average Bonchev–Trinajstić information content (AvgIpc) is 2.49. The molecule has 22 heavy (non-hydrogen) atoms. The summed E-state index contributed by atoms with van der Waals surface area (Å²) in [5, 5.41) is 3.66. The number of halogens is 1. The summed E-state index contributed by atoms with van der Waals surface area (Å²) in [5.74, 6) is 0.866. The number of hydrogen-bond donors (Lipinski definition) is 1. The first-order valence-corrected chi connectivity index (χ1v) is 7.61. The Morgan fingerprint density at radius 3 is 2.45 bits per heavy atom. The first-order valence-electron chi connectivity index (χ1n) is 7.23. The zero-order valence-corrected chi connectivity index (χ0v) is 13.6. The zero-order chi connectivity index (χ0) is 15.9. The fraction of sp³-hybridized carbons (Fsp3) is 0.278. The Bertz CT molecular complexity index is 638. The molecule has 0 heterocycles. The number of ether oxygens (including phenoxy) is 1. The Hall–Kier alpha value is -2.00. The average molecular weight is 318 g/mol. The molecule has 0 aliphatic rings. The lowest BCUT2D eigenvalue weighted by Gasteiger charge is -2.08. The van der Waals surface area contributed by atoms with E-state index in [1.807, 2.05) is 49.4 Å². The van der Waals surface area contributed by atoms with Gasteiger partial charge in [0.25, 0.3) is 0 Å². The Labute approximate surface area is 136 Å². The summed E-state index contributed by atoms with van der Waals surface area (Å²) < 4.78 is 5.22. The van der Waals surface area contributed by atoms with E-state index < -0.39 is 0 Å². The van der Waals surface area contributed by atoms with Gasteiger partial charge in [-0.25, -0.2) is 0 Å². The van der Waals surface area contributed by atoms with Gasteiger partial charge in [-0.1, -0.05) is 35.9 Å². The molecule has 0 fully saturated rings. The van der Waals surface area contributed by atoms with Crippen LogP contribution in [-0.2, 0) is 17.6 Å². The van der Waals surface area contributed by atoms with Gasteiger partial charge in [0.15, 0.2) is 0 Å². The largest absolute Gasteiger partial charge is 0.496 e. The summed E-state index contributed by atoms with van der Waals surface area (Å²) in [4.78, 5) is 12.0. The first-order chi connectivity index (χ1) is 10.6. The molecule has 0 saturated carbocycles. The number of nitrogens with one attached hydrogen (secondary N) is 1. The number of amides is 1. The van der Waals surface area contributed by atoms with E-state index in [9.17, 15) is 4.79 Å². The Kier molecular flexibility index (Phi) is 5.84. The minimum Gasteiger partial charge on any atom is -0.496 e. The molecule has 0 saturated heterocycles. The van der Waals surface area contributed by atoms with Crippen LogP contribution in [0.3, 0.4) is 0 Å². The molecule has 0 radical (unpaired) electrons. The molecule has 0 aliphatic heterocycles. The van der Waals surface area contributed by atoms with Crippen LogP contribution in [0.5, 0.6) is 5.75 Å². The number of rotatable bonds is 6.